The average Bonchev–Trinajstić information content (AvgIpc) is 2.62. The number of non-ortho nitro benzene ring substituents is 1. The molecule has 0 heterocycles. The van der Waals surface area contributed by atoms with Crippen molar-refractivity contribution >= 4 is 40.6 Å². The van der Waals surface area contributed by atoms with E-state index in [-0.39, 0.29) is 22.3 Å². The number of hydrogen-bond acceptors (Lipinski definition) is 6. The van der Waals surface area contributed by atoms with E-state index in [1.807, 2.05) is 6.07 Å². The molecular weight excluding hydrogens is 380 g/mol. The Bertz CT molecular complexity index is 831. The molecule has 0 aromatic heterocycles. The summed E-state index contributed by atoms with van der Waals surface area (Å²) < 4.78 is 10.4. The van der Waals surface area contributed by atoms with Gasteiger partial charge in [0.25, 0.3) is 5.69 Å². The summed E-state index contributed by atoms with van der Waals surface area (Å²) in [5, 5.41) is 13.2. The number of amides is 1. The number of nitrogens with zero attached hydrogens (tertiary/aromatic N) is 1. The first-order valence-corrected chi connectivity index (χ1v) is 8.75. The van der Waals surface area contributed by atoms with Gasteiger partial charge in [-0.3, -0.25) is 14.9 Å². The van der Waals surface area contributed by atoms with Crippen LogP contribution in [0.1, 0.15) is 6.92 Å². The van der Waals surface area contributed by atoms with E-state index in [0.29, 0.717) is 11.5 Å². The van der Waals surface area contributed by atoms with Crippen LogP contribution >= 0.6 is 23.4 Å². The second-order valence-corrected chi connectivity index (χ2v) is 7.01. The molecule has 0 saturated heterocycles. The molecule has 0 saturated carbocycles. The van der Waals surface area contributed by atoms with Crippen LogP contribution in [-0.4, -0.2) is 30.3 Å². The predicted octanol–water partition coefficient (Wildman–Crippen LogP) is 4.38. The van der Waals surface area contributed by atoms with E-state index in [0.717, 1.165) is 4.90 Å². The van der Waals surface area contributed by atoms with Crippen LogP contribution in [0, 0.1) is 10.1 Å². The van der Waals surface area contributed by atoms with Crippen LogP contribution in [0.5, 0.6) is 11.5 Å². The number of halogens is 1. The Hall–Kier alpha value is -2.45. The molecule has 7 nitrogen and oxygen atoms in total. The summed E-state index contributed by atoms with van der Waals surface area (Å²) >= 11 is 7.32. The lowest BCUT2D eigenvalue weighted by Crippen LogP contribution is -2.22. The molecule has 0 aliphatic heterocycles. The lowest BCUT2D eigenvalue weighted by molar-refractivity contribution is -0.384. The molecule has 1 atom stereocenters. The number of thioether (sulfide) groups is 1. The first-order valence-electron chi connectivity index (χ1n) is 7.49. The molecule has 2 aromatic rings. The van der Waals surface area contributed by atoms with Gasteiger partial charge in [0.05, 0.1) is 35.1 Å². The first kappa shape index (κ1) is 19.9. The molecule has 0 fully saturated rings. The van der Waals surface area contributed by atoms with Gasteiger partial charge >= 0.3 is 0 Å². The Morgan fingerprint density at radius 1 is 1.19 bits per heavy atom. The Morgan fingerprint density at radius 3 is 2.50 bits per heavy atom. The predicted molar refractivity (Wildman–Crippen MR) is 102 cm³/mol. The molecule has 0 radical (unpaired) electrons. The van der Waals surface area contributed by atoms with Crippen molar-refractivity contribution in [3.05, 3.63) is 51.5 Å². The minimum absolute atomic E-state index is 0.148. The highest BCUT2D eigenvalue weighted by Crippen LogP contribution is 2.34. The second kappa shape index (κ2) is 8.77. The quantitative estimate of drug-likeness (QED) is 0.424. The third kappa shape index (κ3) is 4.80. The molecular formula is C17H17ClN2O5S. The number of carbonyl (C=O) groups is 1. The highest BCUT2D eigenvalue weighted by molar-refractivity contribution is 8.00. The third-order valence-electron chi connectivity index (χ3n) is 3.46. The SMILES string of the molecule is COc1ccc(S[C@@H](C)C(=O)Nc2cc([N+](=O)[O-])ccc2Cl)cc1OC. The molecule has 1 amide bonds. The maximum Gasteiger partial charge on any atom is 0.271 e. The van der Waals surface area contributed by atoms with Crippen molar-refractivity contribution < 1.29 is 19.2 Å². The fourth-order valence-corrected chi connectivity index (χ4v) is 3.17. The standard InChI is InChI=1S/C17H17ClN2O5S/c1-10(26-12-5-7-15(24-2)16(9-12)25-3)17(21)19-14-8-11(20(22)23)4-6-13(14)18/h4-10H,1-3H3,(H,19,21)/t10-/m0/s1. The van der Waals surface area contributed by atoms with Gasteiger partial charge in [-0.25, -0.2) is 0 Å². The number of benzene rings is 2. The van der Waals surface area contributed by atoms with Crippen LogP contribution in [0.4, 0.5) is 11.4 Å². The van der Waals surface area contributed by atoms with Crippen LogP contribution in [0.3, 0.4) is 0 Å². The average molecular weight is 397 g/mol. The van der Waals surface area contributed by atoms with Gasteiger partial charge in [0.2, 0.25) is 5.91 Å². The first-order chi connectivity index (χ1) is 12.3. The number of rotatable bonds is 7. The molecule has 26 heavy (non-hydrogen) atoms. The van der Waals surface area contributed by atoms with Crippen LogP contribution in [0.15, 0.2) is 41.3 Å². The zero-order valence-electron chi connectivity index (χ0n) is 14.3. The normalized spacial score (nSPS) is 11.5. The summed E-state index contributed by atoms with van der Waals surface area (Å²) in [7, 11) is 3.08. The van der Waals surface area contributed by atoms with Crippen molar-refractivity contribution in [1.29, 1.82) is 0 Å². The number of nitrogens with one attached hydrogen (secondary N) is 1. The molecule has 138 valence electrons. The Labute approximate surface area is 159 Å². The monoisotopic (exact) mass is 396 g/mol. The molecule has 0 aliphatic rings. The fraction of sp³-hybridized carbons (Fsp3) is 0.235. The maximum absolute atomic E-state index is 12.4. The van der Waals surface area contributed by atoms with Crippen LogP contribution in [0.25, 0.3) is 0 Å². The molecule has 1 N–H and O–H groups in total. The zero-order chi connectivity index (χ0) is 19.3. The van der Waals surface area contributed by atoms with Gasteiger partial charge in [-0.05, 0) is 31.2 Å². The Balaban J connectivity index is 2.11. The number of nitro benzene ring substituents is 1. The van der Waals surface area contributed by atoms with Crippen molar-refractivity contribution in [3.63, 3.8) is 0 Å². The molecule has 2 aromatic carbocycles. The fourth-order valence-electron chi connectivity index (χ4n) is 2.10. The van der Waals surface area contributed by atoms with Crippen LogP contribution < -0.4 is 14.8 Å². The van der Waals surface area contributed by atoms with Gasteiger partial charge in [-0.15, -0.1) is 11.8 Å². The van der Waals surface area contributed by atoms with Gasteiger partial charge in [0, 0.05) is 17.0 Å². The molecule has 0 spiro atoms. The lowest BCUT2D eigenvalue weighted by atomic mass is 10.2. The third-order valence-corrected chi connectivity index (χ3v) is 4.88. The largest absolute Gasteiger partial charge is 0.493 e. The van der Waals surface area contributed by atoms with Crippen LogP contribution in [-0.2, 0) is 4.79 Å². The summed E-state index contributed by atoms with van der Waals surface area (Å²) in [5.41, 5.74) is 0.0514. The molecule has 0 aliphatic carbocycles. The number of carbonyl (C=O) groups excluding carboxylic acids is 1. The molecule has 0 bridgehead atoms. The van der Waals surface area contributed by atoms with Crippen LogP contribution in [0.2, 0.25) is 5.02 Å². The molecule has 2 rings (SSSR count). The van der Waals surface area contributed by atoms with Crippen molar-refractivity contribution in [2.24, 2.45) is 0 Å². The topological polar surface area (TPSA) is 90.7 Å². The summed E-state index contributed by atoms with van der Waals surface area (Å²) in [4.78, 5) is 23.5. The van der Waals surface area contributed by atoms with Gasteiger partial charge in [0.15, 0.2) is 11.5 Å². The van der Waals surface area contributed by atoms with E-state index in [2.05, 4.69) is 5.32 Å². The van der Waals surface area contributed by atoms with Gasteiger partial charge in [0.1, 0.15) is 0 Å². The number of nitro groups is 1. The smallest absolute Gasteiger partial charge is 0.271 e. The minimum atomic E-state index is -0.548. The lowest BCUT2D eigenvalue weighted by Gasteiger charge is -2.14. The summed E-state index contributed by atoms with van der Waals surface area (Å²) in [5.74, 6) is 0.830. The summed E-state index contributed by atoms with van der Waals surface area (Å²) in [6.45, 7) is 1.72. The number of hydrogen-bond donors (Lipinski definition) is 1. The van der Waals surface area contributed by atoms with E-state index in [9.17, 15) is 14.9 Å². The number of anilines is 1. The highest BCUT2D eigenvalue weighted by Gasteiger charge is 2.18. The molecule has 9 heteroatoms. The van der Waals surface area contributed by atoms with E-state index in [1.165, 1.54) is 37.1 Å². The van der Waals surface area contributed by atoms with E-state index >= 15 is 0 Å². The van der Waals surface area contributed by atoms with Crippen molar-refractivity contribution in [1.82, 2.24) is 0 Å². The van der Waals surface area contributed by atoms with Gasteiger partial charge in [-0.2, -0.15) is 0 Å². The number of methoxy groups -OCH3 is 2. The van der Waals surface area contributed by atoms with E-state index < -0.39 is 10.2 Å². The zero-order valence-corrected chi connectivity index (χ0v) is 15.9. The van der Waals surface area contributed by atoms with Crippen molar-refractivity contribution in [3.8, 4) is 11.5 Å². The van der Waals surface area contributed by atoms with Gasteiger partial charge < -0.3 is 14.8 Å². The van der Waals surface area contributed by atoms with E-state index in [1.54, 1.807) is 26.2 Å². The minimum Gasteiger partial charge on any atom is -0.493 e. The Morgan fingerprint density at radius 2 is 1.88 bits per heavy atom. The maximum atomic E-state index is 12.4. The second-order valence-electron chi connectivity index (χ2n) is 5.19. The summed E-state index contributed by atoms with van der Waals surface area (Å²) in [6.07, 6.45) is 0. The molecule has 0 unspecified atom stereocenters. The van der Waals surface area contributed by atoms with E-state index in [4.69, 9.17) is 21.1 Å². The van der Waals surface area contributed by atoms with Crippen molar-refractivity contribution in [2.75, 3.05) is 19.5 Å². The number of ether oxygens (including phenoxy) is 2. The summed E-state index contributed by atoms with van der Waals surface area (Å²) in [6, 6.07) is 9.22. The van der Waals surface area contributed by atoms with Crippen molar-refractivity contribution in [2.45, 2.75) is 17.1 Å². The van der Waals surface area contributed by atoms with Gasteiger partial charge in [-0.1, -0.05) is 11.6 Å². The Kier molecular flexibility index (Phi) is 6.70. The highest BCUT2D eigenvalue weighted by atomic mass is 35.5.